The van der Waals surface area contributed by atoms with E-state index in [1.54, 1.807) is 55.6 Å². The molecule has 1 atom stereocenters. The third-order valence-electron chi connectivity index (χ3n) is 7.33. The maximum Gasteiger partial charge on any atom is 0.324 e. The van der Waals surface area contributed by atoms with E-state index in [1.165, 1.54) is 6.92 Å². The van der Waals surface area contributed by atoms with Gasteiger partial charge in [-0.2, -0.15) is 5.10 Å². The van der Waals surface area contributed by atoms with Crippen molar-refractivity contribution in [1.82, 2.24) is 20.1 Å². The zero-order chi connectivity index (χ0) is 32.1. The summed E-state index contributed by atoms with van der Waals surface area (Å²) >= 11 is 0. The van der Waals surface area contributed by atoms with Crippen LogP contribution in [0.2, 0.25) is 0 Å². The third-order valence-corrected chi connectivity index (χ3v) is 7.33. The molecule has 4 aromatic rings. The second kappa shape index (κ2) is 13.5. The predicted molar refractivity (Wildman–Crippen MR) is 174 cm³/mol. The number of fused-ring (bicyclic) bond motifs is 1. The molecule has 3 heterocycles. The zero-order valence-corrected chi connectivity index (χ0v) is 26.3. The van der Waals surface area contributed by atoms with Crippen LogP contribution in [0.1, 0.15) is 59.2 Å². The van der Waals surface area contributed by atoms with Crippen LogP contribution in [0.5, 0.6) is 17.2 Å². The van der Waals surface area contributed by atoms with E-state index in [9.17, 15) is 14.7 Å². The van der Waals surface area contributed by atoms with Crippen molar-refractivity contribution >= 4 is 40.0 Å². The van der Waals surface area contributed by atoms with E-state index in [0.29, 0.717) is 45.3 Å². The average molecular weight is 616 g/mol. The summed E-state index contributed by atoms with van der Waals surface area (Å²) in [6.45, 7) is 11.2. The number of urea groups is 1. The Hall–Kier alpha value is -4.68. The number of hydrogen-bond acceptors (Lipinski definition) is 8. The molecule has 2 aromatic heterocycles. The highest BCUT2D eigenvalue weighted by atomic mass is 16.5. The lowest BCUT2D eigenvalue weighted by Crippen LogP contribution is -2.31. The van der Waals surface area contributed by atoms with E-state index < -0.39 is 6.10 Å². The Labute approximate surface area is 262 Å². The lowest BCUT2D eigenvalue weighted by atomic mass is 9.92. The van der Waals surface area contributed by atoms with Crippen LogP contribution in [0.3, 0.4) is 0 Å². The Bertz CT molecular complexity index is 1650. The second-order valence-corrected chi connectivity index (χ2v) is 12.3. The number of aliphatic hydroxyl groups is 1. The first-order chi connectivity index (χ1) is 21.5. The second-order valence-electron chi connectivity index (χ2n) is 12.3. The van der Waals surface area contributed by atoms with Crippen LogP contribution in [0.25, 0.3) is 10.9 Å². The van der Waals surface area contributed by atoms with Crippen LogP contribution in [0.15, 0.2) is 54.7 Å². The number of benzene rings is 2. The molecule has 5 rings (SSSR count). The van der Waals surface area contributed by atoms with Gasteiger partial charge in [0.15, 0.2) is 0 Å². The Morgan fingerprint density at radius 1 is 1.04 bits per heavy atom. The number of pyridine rings is 1. The van der Waals surface area contributed by atoms with Gasteiger partial charge in [-0.15, -0.1) is 0 Å². The van der Waals surface area contributed by atoms with Gasteiger partial charge >= 0.3 is 6.03 Å². The molecule has 0 spiro atoms. The monoisotopic (exact) mass is 615 g/mol. The molecule has 0 radical (unpaired) electrons. The molecular weight excluding hydrogens is 574 g/mol. The molecule has 5 N–H and O–H groups in total. The minimum Gasteiger partial charge on any atom is -0.489 e. The maximum absolute atomic E-state index is 13.0. The van der Waals surface area contributed by atoms with Gasteiger partial charge in [-0.05, 0) is 69.3 Å². The molecule has 1 aliphatic heterocycles. The number of nitrogens with zero attached hydrogens (tertiary/aromatic N) is 3. The maximum atomic E-state index is 13.0. The molecule has 2 aromatic carbocycles. The van der Waals surface area contributed by atoms with Gasteiger partial charge < -0.3 is 30.5 Å². The smallest absolute Gasteiger partial charge is 0.324 e. The molecule has 238 valence electrons. The standard InChI is InChI=1S/C33H41N7O5/c1-20(41)19-44-29-17-26-25(16-27(29)36-21(2)42)28(12-15-35-26)45-24-8-6-22(7-9-24)37-32(43)38-31-18-30(33(3,4)5)39-40(31)23-10-13-34-14-11-23/h6-9,12,15-18,20,23,34,41H,10-11,13-14,19H2,1-5H3,(H,36,42)(H2,37,38,43). The SMILES string of the molecule is CC(=O)Nc1cc2c(Oc3ccc(NC(=O)Nc4cc(C(C)(C)C)nn4C4CCNCC4)cc3)ccnc2cc1OCC(C)O. The molecule has 0 bridgehead atoms. The number of amides is 3. The minimum atomic E-state index is -0.679. The Balaban J connectivity index is 1.30. The Morgan fingerprint density at radius 2 is 1.78 bits per heavy atom. The fourth-order valence-corrected chi connectivity index (χ4v) is 5.05. The lowest BCUT2D eigenvalue weighted by Gasteiger charge is -2.25. The largest absolute Gasteiger partial charge is 0.489 e. The number of anilines is 3. The number of hydrogen-bond donors (Lipinski definition) is 5. The van der Waals surface area contributed by atoms with Crippen molar-refractivity contribution < 1.29 is 24.2 Å². The number of nitrogens with one attached hydrogen (secondary N) is 4. The number of ether oxygens (including phenoxy) is 2. The normalized spacial score (nSPS) is 14.5. The molecular formula is C33H41N7O5. The molecule has 1 saturated heterocycles. The summed E-state index contributed by atoms with van der Waals surface area (Å²) < 4.78 is 13.8. The quantitative estimate of drug-likeness (QED) is 0.158. The van der Waals surface area contributed by atoms with Crippen molar-refractivity contribution in [2.75, 3.05) is 35.6 Å². The topological polar surface area (TPSA) is 152 Å². The van der Waals surface area contributed by atoms with Gasteiger partial charge in [0.05, 0.1) is 29.0 Å². The van der Waals surface area contributed by atoms with Gasteiger partial charge in [-0.3, -0.25) is 15.1 Å². The summed E-state index contributed by atoms with van der Waals surface area (Å²) in [4.78, 5) is 29.3. The first-order valence-electron chi connectivity index (χ1n) is 15.1. The first-order valence-corrected chi connectivity index (χ1v) is 15.1. The van der Waals surface area contributed by atoms with Crippen LogP contribution in [-0.4, -0.2) is 57.6 Å². The minimum absolute atomic E-state index is 0.0620. The molecule has 1 unspecified atom stereocenters. The van der Waals surface area contributed by atoms with Crippen molar-refractivity contribution in [1.29, 1.82) is 0 Å². The van der Waals surface area contributed by atoms with Gasteiger partial charge in [0.1, 0.15) is 29.7 Å². The van der Waals surface area contributed by atoms with Gasteiger partial charge in [0, 0.05) is 41.7 Å². The van der Waals surface area contributed by atoms with Crippen LogP contribution in [0, 0.1) is 0 Å². The van der Waals surface area contributed by atoms with Gasteiger partial charge in [0.25, 0.3) is 0 Å². The summed E-state index contributed by atoms with van der Waals surface area (Å²) in [6, 6.07) is 14.0. The molecule has 0 aliphatic carbocycles. The van der Waals surface area contributed by atoms with Crippen molar-refractivity contribution in [3.63, 3.8) is 0 Å². The van der Waals surface area contributed by atoms with Crippen LogP contribution < -0.4 is 30.7 Å². The highest BCUT2D eigenvalue weighted by Gasteiger charge is 2.25. The molecule has 1 aliphatic rings. The summed E-state index contributed by atoms with van der Waals surface area (Å²) in [6.07, 6.45) is 2.83. The Morgan fingerprint density at radius 3 is 2.44 bits per heavy atom. The highest BCUT2D eigenvalue weighted by Crippen LogP contribution is 2.36. The van der Waals surface area contributed by atoms with Gasteiger partial charge in [-0.1, -0.05) is 20.8 Å². The predicted octanol–water partition coefficient (Wildman–Crippen LogP) is 5.81. The zero-order valence-electron chi connectivity index (χ0n) is 26.3. The summed E-state index contributed by atoms with van der Waals surface area (Å²) in [5.74, 6) is 1.87. The fraction of sp³-hybridized carbons (Fsp3) is 0.394. The number of rotatable bonds is 9. The van der Waals surface area contributed by atoms with Crippen molar-refractivity contribution in [3.05, 3.63) is 60.4 Å². The van der Waals surface area contributed by atoms with E-state index in [4.69, 9.17) is 14.6 Å². The van der Waals surface area contributed by atoms with Gasteiger partial charge in [-0.25, -0.2) is 9.48 Å². The van der Waals surface area contributed by atoms with Crippen molar-refractivity contribution in [2.45, 2.75) is 65.0 Å². The first kappa shape index (κ1) is 31.7. The number of carbonyl (C=O) groups is 2. The summed E-state index contributed by atoms with van der Waals surface area (Å²) in [5.41, 5.74) is 2.40. The van der Waals surface area contributed by atoms with Crippen LogP contribution in [0.4, 0.5) is 22.0 Å². The number of aliphatic hydroxyl groups excluding tert-OH is 1. The lowest BCUT2D eigenvalue weighted by molar-refractivity contribution is -0.114. The van der Waals surface area contributed by atoms with Crippen LogP contribution >= 0.6 is 0 Å². The van der Waals surface area contributed by atoms with Crippen molar-refractivity contribution in [2.24, 2.45) is 0 Å². The molecule has 1 fully saturated rings. The van der Waals surface area contributed by atoms with Gasteiger partial charge in [0.2, 0.25) is 5.91 Å². The van der Waals surface area contributed by atoms with E-state index >= 15 is 0 Å². The summed E-state index contributed by atoms with van der Waals surface area (Å²) in [5, 5.41) is 27.2. The number of piperidine rings is 1. The fourth-order valence-electron chi connectivity index (χ4n) is 5.05. The molecule has 45 heavy (non-hydrogen) atoms. The van der Waals surface area contributed by atoms with Crippen LogP contribution in [-0.2, 0) is 10.2 Å². The summed E-state index contributed by atoms with van der Waals surface area (Å²) in [7, 11) is 0. The number of carbonyl (C=O) groups excluding carboxylic acids is 2. The average Bonchev–Trinajstić information content (AvgIpc) is 3.42. The molecule has 0 saturated carbocycles. The molecule has 3 amide bonds. The Kier molecular flexibility index (Phi) is 9.54. The third kappa shape index (κ3) is 8.08. The molecule has 12 nitrogen and oxygen atoms in total. The van der Waals surface area contributed by atoms with E-state index in [0.717, 1.165) is 31.6 Å². The van der Waals surface area contributed by atoms with E-state index in [-0.39, 0.29) is 30.0 Å². The van der Waals surface area contributed by atoms with E-state index in [1.807, 2.05) is 10.7 Å². The van der Waals surface area contributed by atoms with Crippen molar-refractivity contribution in [3.8, 4) is 17.2 Å². The number of aromatic nitrogens is 3. The van der Waals surface area contributed by atoms with E-state index in [2.05, 4.69) is 47.0 Å². The highest BCUT2D eigenvalue weighted by molar-refractivity contribution is 5.99. The molecule has 12 heteroatoms.